The van der Waals surface area contributed by atoms with Gasteiger partial charge in [0.25, 0.3) is 0 Å². The van der Waals surface area contributed by atoms with Crippen LogP contribution in [0, 0.1) is 29.1 Å². The van der Waals surface area contributed by atoms with Crippen LogP contribution in [-0.2, 0) is 17.6 Å². The average molecular weight is 518 g/mol. The maximum atomic E-state index is 14.0. The van der Waals surface area contributed by atoms with Gasteiger partial charge in [0.05, 0.1) is 4.90 Å². The minimum absolute atomic E-state index is 0.0242. The zero-order valence-corrected chi connectivity index (χ0v) is 19.6. The Morgan fingerprint density at radius 1 is 0.833 bits per heavy atom. The summed E-state index contributed by atoms with van der Waals surface area (Å²) in [6.07, 6.45) is 2.02. The summed E-state index contributed by atoms with van der Waals surface area (Å²) in [5.41, 5.74) is 2.31. The molecule has 186 valence electrons. The maximum Gasteiger partial charge on any atom is 0.240 e. The summed E-state index contributed by atoms with van der Waals surface area (Å²) < 4.78 is 85.6. The molecule has 1 heterocycles. The lowest BCUT2D eigenvalue weighted by atomic mass is 9.97. The maximum absolute atomic E-state index is 14.0. The van der Waals surface area contributed by atoms with Gasteiger partial charge in [-0.15, -0.1) is 0 Å². The lowest BCUT2D eigenvalue weighted by Gasteiger charge is -2.26. The van der Waals surface area contributed by atoms with Crippen LogP contribution in [0.1, 0.15) is 30.0 Å². The summed E-state index contributed by atoms with van der Waals surface area (Å²) in [5, 5.41) is 1.63. The molecule has 0 bridgehead atoms. The second-order valence-electron chi connectivity index (χ2n) is 8.56. The summed E-state index contributed by atoms with van der Waals surface area (Å²) in [6.45, 7) is 1.76. The third-order valence-corrected chi connectivity index (χ3v) is 7.31. The first-order chi connectivity index (χ1) is 17.3. The summed E-state index contributed by atoms with van der Waals surface area (Å²) in [6, 6.07) is 20.8. The molecule has 0 amide bonds. The van der Waals surface area contributed by atoms with E-state index in [9.17, 15) is 26.2 Å². The first-order valence-electron chi connectivity index (χ1n) is 11.3. The van der Waals surface area contributed by atoms with Crippen molar-refractivity contribution in [1.82, 2.24) is 4.90 Å². The number of halogens is 5. The van der Waals surface area contributed by atoms with Crippen molar-refractivity contribution in [3.63, 3.8) is 0 Å². The van der Waals surface area contributed by atoms with Crippen molar-refractivity contribution in [2.75, 3.05) is 6.54 Å². The molecule has 1 aliphatic rings. The Morgan fingerprint density at radius 2 is 1.53 bits per heavy atom. The zero-order valence-electron chi connectivity index (χ0n) is 18.8. The average Bonchev–Trinajstić information content (AvgIpc) is 3.36. The molecule has 4 aromatic rings. The molecule has 3 nitrogen and oxygen atoms in total. The van der Waals surface area contributed by atoms with Gasteiger partial charge in [-0.25, -0.2) is 17.4 Å². The fraction of sp³-hybridized carbons (Fsp3) is 0.185. The predicted octanol–water partition coefficient (Wildman–Crippen LogP) is 6.97. The van der Waals surface area contributed by atoms with Gasteiger partial charge in [0.15, 0.2) is 0 Å². The molecule has 36 heavy (non-hydrogen) atoms. The van der Waals surface area contributed by atoms with E-state index in [0.717, 1.165) is 36.9 Å². The highest BCUT2D eigenvalue weighted by Crippen LogP contribution is 2.37. The van der Waals surface area contributed by atoms with E-state index in [1.807, 2.05) is 30.3 Å². The summed E-state index contributed by atoms with van der Waals surface area (Å²) in [5.74, 6) is -12.6. The third kappa shape index (κ3) is 4.49. The van der Waals surface area contributed by atoms with Gasteiger partial charge >= 0.3 is 0 Å². The quantitative estimate of drug-likeness (QED) is 0.157. The summed E-state index contributed by atoms with van der Waals surface area (Å²) in [7, 11) is 0. The molecule has 1 saturated heterocycles. The van der Waals surface area contributed by atoms with Crippen LogP contribution < -0.4 is 4.18 Å². The van der Waals surface area contributed by atoms with E-state index in [2.05, 4.69) is 17.0 Å². The molecule has 4 aromatic carbocycles. The summed E-state index contributed by atoms with van der Waals surface area (Å²) in [4.78, 5) is 2.43. The second kappa shape index (κ2) is 9.99. The van der Waals surface area contributed by atoms with Gasteiger partial charge in [-0.05, 0) is 53.4 Å². The molecule has 5 rings (SSSR count). The topological polar surface area (TPSA) is 29.5 Å². The standard InChI is InChI=1S/C27H20F5NO2S/c28-22-23(29)25(31)27(26(32)24(22)30)35-36(34)18-11-12-19-17(14-18)8-4-9-20(19)21-10-5-13-33(21)15-16-6-2-1-3-7-16/h1-4,6-9,11-12,14,21H,5,10,13,15H2. The van der Waals surface area contributed by atoms with Crippen LogP contribution in [0.4, 0.5) is 22.0 Å². The molecule has 0 saturated carbocycles. The zero-order chi connectivity index (χ0) is 25.4. The molecular weight excluding hydrogens is 497 g/mol. The molecule has 0 aromatic heterocycles. The minimum Gasteiger partial charge on any atom is -0.390 e. The van der Waals surface area contributed by atoms with Gasteiger partial charge in [-0.2, -0.15) is 8.78 Å². The van der Waals surface area contributed by atoms with Crippen molar-refractivity contribution >= 4 is 21.9 Å². The van der Waals surface area contributed by atoms with Gasteiger partial charge in [0, 0.05) is 12.6 Å². The van der Waals surface area contributed by atoms with E-state index in [1.54, 1.807) is 12.1 Å². The smallest absolute Gasteiger partial charge is 0.240 e. The Balaban J connectivity index is 1.43. The van der Waals surface area contributed by atoms with E-state index < -0.39 is 45.9 Å². The van der Waals surface area contributed by atoms with E-state index >= 15 is 0 Å². The van der Waals surface area contributed by atoms with Crippen molar-refractivity contribution < 1.29 is 30.3 Å². The Hall–Kier alpha value is -3.30. The molecule has 0 spiro atoms. The van der Waals surface area contributed by atoms with Crippen molar-refractivity contribution in [3.05, 3.63) is 107 Å². The number of benzene rings is 4. The Labute approximate surface area is 206 Å². The molecule has 0 N–H and O–H groups in total. The van der Waals surface area contributed by atoms with Crippen LogP contribution >= 0.6 is 0 Å². The van der Waals surface area contributed by atoms with E-state index in [1.165, 1.54) is 17.7 Å². The lowest BCUT2D eigenvalue weighted by molar-refractivity contribution is 0.250. The van der Waals surface area contributed by atoms with Crippen molar-refractivity contribution in [2.24, 2.45) is 0 Å². The number of nitrogens with zero attached hydrogens (tertiary/aromatic N) is 1. The highest BCUT2D eigenvalue weighted by molar-refractivity contribution is 7.80. The Morgan fingerprint density at radius 3 is 2.25 bits per heavy atom. The highest BCUT2D eigenvalue weighted by Gasteiger charge is 2.30. The third-order valence-electron chi connectivity index (χ3n) is 6.36. The van der Waals surface area contributed by atoms with Crippen molar-refractivity contribution in [1.29, 1.82) is 0 Å². The number of likely N-dealkylation sites (tertiary alicyclic amines) is 1. The molecule has 2 atom stereocenters. The molecular formula is C27H20F5NO2S. The number of hydrogen-bond donors (Lipinski definition) is 0. The minimum atomic E-state index is -2.52. The fourth-order valence-corrected chi connectivity index (χ4v) is 5.44. The van der Waals surface area contributed by atoms with Gasteiger partial charge < -0.3 is 4.18 Å². The van der Waals surface area contributed by atoms with Crippen LogP contribution in [0.25, 0.3) is 10.8 Å². The predicted molar refractivity (Wildman–Crippen MR) is 126 cm³/mol. The van der Waals surface area contributed by atoms with Gasteiger partial charge in [0.2, 0.25) is 45.9 Å². The summed E-state index contributed by atoms with van der Waals surface area (Å²) >= 11 is -2.52. The normalized spacial score (nSPS) is 17.0. The number of rotatable bonds is 6. The molecule has 0 aliphatic carbocycles. The Bertz CT molecular complexity index is 1440. The van der Waals surface area contributed by atoms with Crippen LogP contribution in [0.3, 0.4) is 0 Å². The van der Waals surface area contributed by atoms with E-state index in [-0.39, 0.29) is 10.9 Å². The molecule has 9 heteroatoms. The largest absolute Gasteiger partial charge is 0.390 e. The van der Waals surface area contributed by atoms with Crippen molar-refractivity contribution in [3.8, 4) is 5.75 Å². The fourth-order valence-electron chi connectivity index (χ4n) is 4.65. The van der Waals surface area contributed by atoms with Crippen LogP contribution in [0.2, 0.25) is 0 Å². The molecule has 1 fully saturated rings. The van der Waals surface area contributed by atoms with E-state index in [0.29, 0.717) is 5.39 Å². The monoisotopic (exact) mass is 517 g/mol. The van der Waals surface area contributed by atoms with Crippen LogP contribution in [0.15, 0.2) is 71.6 Å². The van der Waals surface area contributed by atoms with Gasteiger partial charge in [-0.1, -0.05) is 54.6 Å². The highest BCUT2D eigenvalue weighted by atomic mass is 32.2. The number of hydrogen-bond acceptors (Lipinski definition) is 3. The first-order valence-corrected chi connectivity index (χ1v) is 12.3. The van der Waals surface area contributed by atoms with Crippen molar-refractivity contribution in [2.45, 2.75) is 30.3 Å². The van der Waals surface area contributed by atoms with Crippen LogP contribution in [-0.4, -0.2) is 15.7 Å². The molecule has 2 unspecified atom stereocenters. The van der Waals surface area contributed by atoms with E-state index in [4.69, 9.17) is 4.18 Å². The number of fused-ring (bicyclic) bond motifs is 1. The lowest BCUT2D eigenvalue weighted by Crippen LogP contribution is -2.22. The molecule has 0 radical (unpaired) electrons. The Kier molecular flexibility index (Phi) is 6.77. The van der Waals surface area contributed by atoms with Gasteiger partial charge in [-0.3, -0.25) is 4.90 Å². The SMILES string of the molecule is O=S(Oc1c(F)c(F)c(F)c(F)c1F)c1ccc2c(C3CCCN3Cc3ccccc3)cccc2c1. The molecule has 1 aliphatic heterocycles. The first kappa shape index (κ1) is 24.4. The second-order valence-corrected chi connectivity index (χ2v) is 9.67. The van der Waals surface area contributed by atoms with Crippen LogP contribution in [0.5, 0.6) is 5.75 Å². The van der Waals surface area contributed by atoms with Gasteiger partial charge in [0.1, 0.15) is 0 Å².